The summed E-state index contributed by atoms with van der Waals surface area (Å²) in [4.78, 5) is 21.8. The zero-order valence-corrected chi connectivity index (χ0v) is 9.20. The van der Waals surface area contributed by atoms with Crippen LogP contribution in [-0.4, -0.2) is 43.2 Å². The fourth-order valence-corrected chi connectivity index (χ4v) is 1.51. The minimum Gasteiger partial charge on any atom is -0.464 e. The van der Waals surface area contributed by atoms with E-state index in [-0.39, 0.29) is 6.61 Å². The lowest BCUT2D eigenvalue weighted by molar-refractivity contribution is -0.146. The third kappa shape index (κ3) is 6.86. The van der Waals surface area contributed by atoms with Gasteiger partial charge in [-0.3, -0.25) is 9.35 Å². The van der Waals surface area contributed by atoms with Gasteiger partial charge in [0.1, 0.15) is 11.8 Å². The molecule has 0 spiro atoms. The van der Waals surface area contributed by atoms with Gasteiger partial charge in [0.25, 0.3) is 10.1 Å². The van der Waals surface area contributed by atoms with Crippen molar-refractivity contribution in [2.45, 2.75) is 19.9 Å². The maximum atomic E-state index is 11.1. The van der Waals surface area contributed by atoms with E-state index in [2.05, 4.69) is 10.1 Å². The van der Waals surface area contributed by atoms with Crippen LogP contribution < -0.4 is 5.32 Å². The van der Waals surface area contributed by atoms with Crippen molar-refractivity contribution in [2.75, 3.05) is 12.4 Å². The molecule has 0 saturated carbocycles. The predicted octanol–water partition coefficient (Wildman–Crippen LogP) is -1.06. The molecule has 0 aliphatic heterocycles. The largest absolute Gasteiger partial charge is 0.464 e. The van der Waals surface area contributed by atoms with Gasteiger partial charge in [0.05, 0.1) is 6.61 Å². The minimum absolute atomic E-state index is 0.0559. The lowest BCUT2D eigenvalue weighted by atomic mass is 10.3. The molecule has 0 aromatic rings. The number of ether oxygens (including phenoxy) is 1. The first-order chi connectivity index (χ1) is 6.76. The summed E-state index contributed by atoms with van der Waals surface area (Å²) in [6, 6.07) is -1.38. The van der Waals surface area contributed by atoms with Crippen molar-refractivity contribution in [3.8, 4) is 0 Å². The summed E-state index contributed by atoms with van der Waals surface area (Å²) >= 11 is 0. The fourth-order valence-electron chi connectivity index (χ4n) is 0.867. The molecule has 1 atom stereocenters. The Balaban J connectivity index is 4.58. The van der Waals surface area contributed by atoms with Crippen molar-refractivity contribution < 1.29 is 27.3 Å². The molecule has 0 bridgehead atoms. The zero-order chi connectivity index (χ0) is 12.1. The molecule has 1 amide bonds. The smallest absolute Gasteiger partial charge is 0.329 e. The Labute approximate surface area is 87.5 Å². The fraction of sp³-hybridized carbons (Fsp3) is 0.714. The van der Waals surface area contributed by atoms with E-state index in [0.29, 0.717) is 0 Å². The van der Waals surface area contributed by atoms with Crippen molar-refractivity contribution in [3.05, 3.63) is 0 Å². The minimum atomic E-state index is -4.35. The van der Waals surface area contributed by atoms with E-state index < -0.39 is 33.8 Å². The van der Waals surface area contributed by atoms with Crippen LogP contribution in [0.25, 0.3) is 0 Å². The summed E-state index contributed by atoms with van der Waals surface area (Å²) in [6.07, 6.45) is 0. The molecule has 0 aromatic carbocycles. The summed E-state index contributed by atoms with van der Waals surface area (Å²) < 4.78 is 34.1. The summed E-state index contributed by atoms with van der Waals surface area (Å²) in [5.41, 5.74) is 0. The number of hydrogen-bond acceptors (Lipinski definition) is 5. The summed E-state index contributed by atoms with van der Waals surface area (Å²) in [5, 5.41) is 2.07. The van der Waals surface area contributed by atoms with E-state index in [1.54, 1.807) is 0 Å². The Kier molecular flexibility index (Phi) is 5.23. The Hall–Kier alpha value is -1.15. The Morgan fingerprint density at radius 1 is 1.47 bits per heavy atom. The zero-order valence-electron chi connectivity index (χ0n) is 8.39. The molecule has 0 heterocycles. The van der Waals surface area contributed by atoms with Crippen LogP contribution in [0.3, 0.4) is 0 Å². The second-order valence-electron chi connectivity index (χ2n) is 2.75. The summed E-state index contributed by atoms with van der Waals surface area (Å²) in [5.74, 6) is -2.38. The van der Waals surface area contributed by atoms with E-state index >= 15 is 0 Å². The van der Waals surface area contributed by atoms with Gasteiger partial charge in [0, 0.05) is 6.92 Å². The molecule has 0 rings (SSSR count). The number of amides is 1. The van der Waals surface area contributed by atoms with Crippen molar-refractivity contribution in [1.82, 2.24) is 5.32 Å². The summed E-state index contributed by atoms with van der Waals surface area (Å²) in [7, 11) is -4.35. The lowest BCUT2D eigenvalue weighted by Crippen LogP contribution is -2.45. The van der Waals surface area contributed by atoms with E-state index in [1.165, 1.54) is 6.92 Å². The Morgan fingerprint density at radius 2 is 2.00 bits per heavy atom. The van der Waals surface area contributed by atoms with Gasteiger partial charge in [-0.2, -0.15) is 8.42 Å². The number of carbonyl (C=O) groups excluding carboxylic acids is 2. The SMILES string of the molecule is CCOC(=O)[C@@H](CS(=O)(=O)O)NC(C)=O. The first kappa shape index (κ1) is 13.8. The second-order valence-corrected chi connectivity index (χ2v) is 4.25. The van der Waals surface area contributed by atoms with Crippen LogP contribution in [-0.2, 0) is 24.4 Å². The quantitative estimate of drug-likeness (QED) is 0.467. The number of rotatable bonds is 5. The van der Waals surface area contributed by atoms with Gasteiger partial charge in [-0.1, -0.05) is 0 Å². The van der Waals surface area contributed by atoms with Crippen LogP contribution in [0.4, 0.5) is 0 Å². The molecule has 0 saturated heterocycles. The molecular weight excluding hydrogens is 226 g/mol. The first-order valence-electron chi connectivity index (χ1n) is 4.15. The molecule has 0 fully saturated rings. The molecular formula is C7H13NO6S. The number of hydrogen-bond donors (Lipinski definition) is 2. The van der Waals surface area contributed by atoms with Crippen molar-refractivity contribution in [3.63, 3.8) is 0 Å². The molecule has 0 aliphatic carbocycles. The second kappa shape index (κ2) is 5.66. The average Bonchev–Trinajstić information content (AvgIpc) is 1.99. The summed E-state index contributed by atoms with van der Waals surface area (Å²) in [6.45, 7) is 2.72. The van der Waals surface area contributed by atoms with Crippen LogP contribution in [0.5, 0.6) is 0 Å². The number of esters is 1. The van der Waals surface area contributed by atoms with E-state index in [1.807, 2.05) is 0 Å². The highest BCUT2D eigenvalue weighted by molar-refractivity contribution is 7.85. The molecule has 7 nitrogen and oxygen atoms in total. The first-order valence-corrected chi connectivity index (χ1v) is 5.76. The average molecular weight is 239 g/mol. The Bertz CT molecular complexity index is 335. The molecule has 0 aromatic heterocycles. The van der Waals surface area contributed by atoms with E-state index in [4.69, 9.17) is 4.55 Å². The van der Waals surface area contributed by atoms with Crippen LogP contribution in [0.2, 0.25) is 0 Å². The predicted molar refractivity (Wildman–Crippen MR) is 50.7 cm³/mol. The van der Waals surface area contributed by atoms with Crippen molar-refractivity contribution in [1.29, 1.82) is 0 Å². The van der Waals surface area contributed by atoms with Gasteiger partial charge in [-0.25, -0.2) is 4.79 Å². The molecule has 8 heteroatoms. The highest BCUT2D eigenvalue weighted by atomic mass is 32.2. The Morgan fingerprint density at radius 3 is 2.33 bits per heavy atom. The molecule has 2 N–H and O–H groups in total. The van der Waals surface area contributed by atoms with Crippen LogP contribution in [0.1, 0.15) is 13.8 Å². The molecule has 88 valence electrons. The molecule has 0 radical (unpaired) electrons. The van der Waals surface area contributed by atoms with Crippen LogP contribution in [0.15, 0.2) is 0 Å². The van der Waals surface area contributed by atoms with E-state index in [0.717, 1.165) is 6.92 Å². The van der Waals surface area contributed by atoms with Crippen LogP contribution in [0, 0.1) is 0 Å². The van der Waals surface area contributed by atoms with Gasteiger partial charge in [-0.15, -0.1) is 0 Å². The lowest BCUT2D eigenvalue weighted by Gasteiger charge is -2.14. The van der Waals surface area contributed by atoms with Crippen LogP contribution >= 0.6 is 0 Å². The highest BCUT2D eigenvalue weighted by Gasteiger charge is 2.26. The highest BCUT2D eigenvalue weighted by Crippen LogP contribution is 1.95. The van der Waals surface area contributed by atoms with Crippen molar-refractivity contribution >= 4 is 22.0 Å². The monoisotopic (exact) mass is 239 g/mol. The van der Waals surface area contributed by atoms with Gasteiger partial charge < -0.3 is 10.1 Å². The standard InChI is InChI=1S/C7H13NO6S/c1-3-14-7(10)6(8-5(2)9)4-15(11,12)13/h6H,3-4H2,1-2H3,(H,8,9)(H,11,12,13)/t6-/m1/s1. The van der Waals surface area contributed by atoms with Gasteiger partial charge in [0.2, 0.25) is 5.91 Å². The van der Waals surface area contributed by atoms with Gasteiger partial charge in [-0.05, 0) is 6.92 Å². The van der Waals surface area contributed by atoms with Gasteiger partial charge >= 0.3 is 5.97 Å². The number of carbonyl (C=O) groups is 2. The molecule has 0 unspecified atom stereocenters. The molecule has 0 aliphatic rings. The van der Waals surface area contributed by atoms with Crippen molar-refractivity contribution in [2.24, 2.45) is 0 Å². The number of nitrogens with one attached hydrogen (secondary N) is 1. The maximum Gasteiger partial charge on any atom is 0.329 e. The topological polar surface area (TPSA) is 110 Å². The third-order valence-electron chi connectivity index (χ3n) is 1.33. The molecule has 15 heavy (non-hydrogen) atoms. The third-order valence-corrected chi connectivity index (χ3v) is 2.08. The van der Waals surface area contributed by atoms with E-state index in [9.17, 15) is 18.0 Å². The maximum absolute atomic E-state index is 11.1. The normalized spacial score (nSPS) is 13.0. The van der Waals surface area contributed by atoms with Gasteiger partial charge in [0.15, 0.2) is 0 Å².